The first-order valence-electron chi connectivity index (χ1n) is 27.8. The van der Waals surface area contributed by atoms with Gasteiger partial charge in [-0.05, 0) is 102 Å². The van der Waals surface area contributed by atoms with Crippen molar-refractivity contribution in [1.82, 2.24) is 9.80 Å². The summed E-state index contributed by atoms with van der Waals surface area (Å²) in [6, 6.07) is 0.589. The maximum absolute atomic E-state index is 12.8. The number of unbranched alkanes of at least 4 members (excludes halogenated alkanes) is 20. The third-order valence-electron chi connectivity index (χ3n) is 14.6. The average molecular weight is 875 g/mol. The van der Waals surface area contributed by atoms with Gasteiger partial charge in [-0.3, -0.25) is 14.5 Å². The molecule has 1 heterocycles. The fourth-order valence-corrected chi connectivity index (χ4v) is 10.3. The van der Waals surface area contributed by atoms with Crippen molar-refractivity contribution in [1.29, 1.82) is 0 Å². The first-order chi connectivity index (χ1) is 30.3. The van der Waals surface area contributed by atoms with Crippen LogP contribution in [0.2, 0.25) is 0 Å². The summed E-state index contributed by atoms with van der Waals surface area (Å²) in [5, 5.41) is 11.8. The summed E-state index contributed by atoms with van der Waals surface area (Å²) < 4.78 is 11.7. The molecule has 1 N–H and O–H groups in total. The van der Waals surface area contributed by atoms with Crippen molar-refractivity contribution < 1.29 is 24.2 Å². The molecule has 2 fully saturated rings. The summed E-state index contributed by atoms with van der Waals surface area (Å²) in [7, 11) is 0. The number of nitrogens with zero attached hydrogens (tertiary/aromatic N) is 2. The second kappa shape index (κ2) is 39.0. The van der Waals surface area contributed by atoms with Crippen LogP contribution in [0.3, 0.4) is 0 Å². The predicted octanol–water partition coefficient (Wildman–Crippen LogP) is 14.9. The molecular formula is C55H106N2O5. The van der Waals surface area contributed by atoms with Crippen LogP contribution in [0.5, 0.6) is 0 Å². The molecule has 0 spiro atoms. The minimum absolute atomic E-state index is 0.00491. The molecule has 0 amide bonds. The standard InChI is InChI=1S/C55H106N2O5/c1-5-9-13-17-19-25-35-50(33-23-15-11-7-3)47-61-53(58)39-27-21-31-43-56-45-41-55(60,42-46-56)49-57(52-37-29-30-38-52)44-32-22-28-40-54(59)62-48-51(34-24-16-12-8-4)36-26-20-18-14-10-6-2/h50-52,60H,5-49H2,1-4H3. The number of ether oxygens (including phenoxy) is 2. The maximum Gasteiger partial charge on any atom is 0.305 e. The van der Waals surface area contributed by atoms with Crippen LogP contribution in [0, 0.1) is 11.8 Å². The van der Waals surface area contributed by atoms with E-state index < -0.39 is 5.60 Å². The van der Waals surface area contributed by atoms with Gasteiger partial charge in [0.05, 0.1) is 18.8 Å². The predicted molar refractivity (Wildman–Crippen MR) is 264 cm³/mol. The number of carbonyl (C=O) groups excluding carboxylic acids is 2. The molecule has 1 saturated heterocycles. The Morgan fingerprint density at radius 3 is 1.39 bits per heavy atom. The van der Waals surface area contributed by atoms with Gasteiger partial charge in [-0.15, -0.1) is 0 Å². The van der Waals surface area contributed by atoms with Crippen molar-refractivity contribution in [3.05, 3.63) is 0 Å². The van der Waals surface area contributed by atoms with Crippen LogP contribution in [-0.2, 0) is 19.1 Å². The molecule has 1 saturated carbocycles. The highest BCUT2D eigenvalue weighted by atomic mass is 16.5. The lowest BCUT2D eigenvalue weighted by atomic mass is 9.89. The number of hydrogen-bond acceptors (Lipinski definition) is 7. The van der Waals surface area contributed by atoms with Gasteiger partial charge in [-0.2, -0.15) is 0 Å². The maximum atomic E-state index is 12.8. The quantitative estimate of drug-likeness (QED) is 0.0483. The summed E-state index contributed by atoms with van der Waals surface area (Å²) in [5.74, 6) is 1.04. The largest absolute Gasteiger partial charge is 0.465 e. The summed E-state index contributed by atoms with van der Waals surface area (Å²) in [5.41, 5.74) is -0.613. The van der Waals surface area contributed by atoms with Crippen LogP contribution < -0.4 is 0 Å². The molecule has 2 atom stereocenters. The van der Waals surface area contributed by atoms with Crippen molar-refractivity contribution in [2.24, 2.45) is 11.8 Å². The van der Waals surface area contributed by atoms with Gasteiger partial charge < -0.3 is 19.5 Å². The van der Waals surface area contributed by atoms with Crippen molar-refractivity contribution in [2.75, 3.05) is 45.9 Å². The summed E-state index contributed by atoms with van der Waals surface area (Å²) in [6.45, 7) is 15.1. The van der Waals surface area contributed by atoms with Crippen molar-refractivity contribution in [2.45, 2.75) is 283 Å². The molecule has 0 radical (unpaired) electrons. The van der Waals surface area contributed by atoms with E-state index in [-0.39, 0.29) is 11.9 Å². The van der Waals surface area contributed by atoms with Crippen molar-refractivity contribution in [3.8, 4) is 0 Å². The number of rotatable bonds is 43. The number of likely N-dealkylation sites (tertiary alicyclic amines) is 1. The van der Waals surface area contributed by atoms with E-state index in [1.165, 1.54) is 180 Å². The molecular weight excluding hydrogens is 769 g/mol. The molecule has 1 aliphatic carbocycles. The van der Waals surface area contributed by atoms with E-state index in [1.54, 1.807) is 0 Å². The molecule has 1 aliphatic heterocycles. The third kappa shape index (κ3) is 30.1. The van der Waals surface area contributed by atoms with E-state index in [1.807, 2.05) is 0 Å². The molecule has 366 valence electrons. The van der Waals surface area contributed by atoms with E-state index in [0.29, 0.717) is 43.9 Å². The Morgan fingerprint density at radius 2 is 0.935 bits per heavy atom. The van der Waals surface area contributed by atoms with Crippen LogP contribution in [0.25, 0.3) is 0 Å². The molecule has 2 rings (SSSR count). The van der Waals surface area contributed by atoms with Gasteiger partial charge >= 0.3 is 11.9 Å². The van der Waals surface area contributed by atoms with Gasteiger partial charge in [-0.1, -0.05) is 182 Å². The first kappa shape index (κ1) is 56.9. The first-order valence-corrected chi connectivity index (χ1v) is 27.8. The normalized spacial score (nSPS) is 16.9. The smallest absolute Gasteiger partial charge is 0.305 e. The number of piperidine rings is 1. The highest BCUT2D eigenvalue weighted by molar-refractivity contribution is 5.69. The van der Waals surface area contributed by atoms with E-state index in [2.05, 4.69) is 37.5 Å². The average Bonchev–Trinajstić information content (AvgIpc) is 3.82. The second-order valence-corrected chi connectivity index (χ2v) is 20.5. The number of esters is 2. The lowest BCUT2D eigenvalue weighted by molar-refractivity contribution is -0.146. The summed E-state index contributed by atoms with van der Waals surface area (Å²) in [4.78, 5) is 30.6. The summed E-state index contributed by atoms with van der Waals surface area (Å²) in [6.07, 6.45) is 44.8. The Hall–Kier alpha value is -1.18. The Morgan fingerprint density at radius 1 is 0.548 bits per heavy atom. The van der Waals surface area contributed by atoms with E-state index in [9.17, 15) is 14.7 Å². The van der Waals surface area contributed by atoms with Gasteiger partial charge in [0.25, 0.3) is 0 Å². The molecule has 2 unspecified atom stereocenters. The van der Waals surface area contributed by atoms with Crippen LogP contribution in [0.1, 0.15) is 272 Å². The van der Waals surface area contributed by atoms with Crippen LogP contribution in [0.4, 0.5) is 0 Å². The van der Waals surface area contributed by atoms with E-state index in [4.69, 9.17) is 9.47 Å². The zero-order valence-electron chi connectivity index (χ0n) is 42.0. The lowest BCUT2D eigenvalue weighted by Crippen LogP contribution is -2.53. The third-order valence-corrected chi connectivity index (χ3v) is 14.6. The minimum Gasteiger partial charge on any atom is -0.465 e. The fraction of sp³-hybridized carbons (Fsp3) is 0.964. The van der Waals surface area contributed by atoms with Crippen molar-refractivity contribution >= 4 is 11.9 Å². The SMILES string of the molecule is CCCCCCCCC(CCCCCC)COC(=O)CCCCCN1CCC(O)(CN(CCCCCC(=O)OCC(CCCCCC)CCCCCCCC)C2CCCC2)CC1. The zero-order valence-corrected chi connectivity index (χ0v) is 42.0. The Balaban J connectivity index is 1.63. The second-order valence-electron chi connectivity index (χ2n) is 20.5. The van der Waals surface area contributed by atoms with Gasteiger partial charge in [0.2, 0.25) is 0 Å². The van der Waals surface area contributed by atoms with E-state index in [0.717, 1.165) is 84.1 Å². The van der Waals surface area contributed by atoms with Gasteiger partial charge in [0, 0.05) is 38.5 Å². The molecule has 62 heavy (non-hydrogen) atoms. The highest BCUT2D eigenvalue weighted by Crippen LogP contribution is 2.30. The number of aliphatic hydroxyl groups is 1. The topological polar surface area (TPSA) is 79.3 Å². The molecule has 7 nitrogen and oxygen atoms in total. The molecule has 0 aromatic carbocycles. The van der Waals surface area contributed by atoms with Crippen LogP contribution in [0.15, 0.2) is 0 Å². The van der Waals surface area contributed by atoms with E-state index >= 15 is 0 Å². The van der Waals surface area contributed by atoms with Crippen LogP contribution in [-0.4, -0.2) is 84.4 Å². The van der Waals surface area contributed by atoms with Gasteiger partial charge in [-0.25, -0.2) is 0 Å². The van der Waals surface area contributed by atoms with Crippen LogP contribution >= 0.6 is 0 Å². The highest BCUT2D eigenvalue weighted by Gasteiger charge is 2.36. The number of hydrogen-bond donors (Lipinski definition) is 1. The minimum atomic E-state index is -0.613. The lowest BCUT2D eigenvalue weighted by Gasteiger charge is -2.42. The zero-order chi connectivity index (χ0) is 44.8. The fourth-order valence-electron chi connectivity index (χ4n) is 10.3. The number of carbonyl (C=O) groups is 2. The monoisotopic (exact) mass is 875 g/mol. The van der Waals surface area contributed by atoms with Crippen molar-refractivity contribution in [3.63, 3.8) is 0 Å². The summed E-state index contributed by atoms with van der Waals surface area (Å²) >= 11 is 0. The van der Waals surface area contributed by atoms with Gasteiger partial charge in [0.1, 0.15) is 0 Å². The molecule has 0 aromatic rings. The van der Waals surface area contributed by atoms with Gasteiger partial charge in [0.15, 0.2) is 0 Å². The molecule has 7 heteroatoms. The Labute approximate surface area is 385 Å². The Bertz CT molecular complexity index is 1030. The molecule has 2 aliphatic rings. The molecule has 0 aromatic heterocycles. The molecule has 0 bridgehead atoms. The Kier molecular flexibility index (Phi) is 35.8.